The van der Waals surface area contributed by atoms with Gasteiger partial charge in [0.25, 0.3) is 0 Å². The fraction of sp³-hybridized carbons (Fsp3) is 0.389. The first-order chi connectivity index (χ1) is 11.9. The summed E-state index contributed by atoms with van der Waals surface area (Å²) in [6, 6.07) is 9.49. The average molecular weight is 358 g/mol. The zero-order chi connectivity index (χ0) is 18.0. The van der Waals surface area contributed by atoms with Crippen LogP contribution in [-0.2, 0) is 33.2 Å². The molecule has 2 N–H and O–H groups in total. The van der Waals surface area contributed by atoms with Crippen LogP contribution in [0, 0.1) is 0 Å². The van der Waals surface area contributed by atoms with E-state index >= 15 is 0 Å². The highest BCUT2D eigenvalue weighted by Gasteiger charge is 2.29. The molecule has 0 saturated heterocycles. The smallest absolute Gasteiger partial charge is 0.314 e. The number of thioether (sulfide) groups is 1. The summed E-state index contributed by atoms with van der Waals surface area (Å²) in [7, 11) is 0. The zero-order valence-corrected chi connectivity index (χ0v) is 15.4. The highest BCUT2D eigenvalue weighted by atomic mass is 32.2. The standard InChI is InChI=1S/C18H22N4O2S/c1-18(2,3)22-15(13-10-25-11-14(13)21-22)20-17(24)16(23)19-9-12-7-5-4-6-8-12/h4-8H,9-11H2,1-3H3,(H,19,23)(H,20,24). The van der Waals surface area contributed by atoms with Crippen LogP contribution in [0.1, 0.15) is 37.6 Å². The summed E-state index contributed by atoms with van der Waals surface area (Å²) >= 11 is 1.76. The number of amides is 2. The second kappa shape index (κ2) is 6.92. The zero-order valence-electron chi connectivity index (χ0n) is 14.6. The van der Waals surface area contributed by atoms with Crippen molar-refractivity contribution in [1.29, 1.82) is 0 Å². The Morgan fingerprint density at radius 1 is 1.16 bits per heavy atom. The largest absolute Gasteiger partial charge is 0.344 e. The minimum atomic E-state index is -0.666. The van der Waals surface area contributed by atoms with Crippen LogP contribution in [0.4, 0.5) is 5.82 Å². The van der Waals surface area contributed by atoms with E-state index in [-0.39, 0.29) is 5.54 Å². The third-order valence-electron chi connectivity index (χ3n) is 3.92. The molecule has 2 heterocycles. The lowest BCUT2D eigenvalue weighted by Crippen LogP contribution is -2.36. The van der Waals surface area contributed by atoms with Gasteiger partial charge in [-0.2, -0.15) is 16.9 Å². The van der Waals surface area contributed by atoms with Crippen LogP contribution in [0.5, 0.6) is 0 Å². The molecule has 3 rings (SSSR count). The van der Waals surface area contributed by atoms with Crippen LogP contribution in [0.25, 0.3) is 0 Å². The fourth-order valence-electron chi connectivity index (χ4n) is 2.65. The quantitative estimate of drug-likeness (QED) is 0.827. The van der Waals surface area contributed by atoms with Crippen LogP contribution in [0.3, 0.4) is 0 Å². The van der Waals surface area contributed by atoms with E-state index in [0.29, 0.717) is 12.4 Å². The van der Waals surface area contributed by atoms with E-state index in [1.165, 1.54) is 0 Å². The average Bonchev–Trinajstić information content (AvgIpc) is 3.15. The van der Waals surface area contributed by atoms with Crippen LogP contribution in [0.15, 0.2) is 30.3 Å². The molecule has 25 heavy (non-hydrogen) atoms. The predicted molar refractivity (Wildman–Crippen MR) is 99.1 cm³/mol. The maximum absolute atomic E-state index is 12.3. The lowest BCUT2D eigenvalue weighted by atomic mass is 10.1. The van der Waals surface area contributed by atoms with Crippen LogP contribution < -0.4 is 10.6 Å². The number of nitrogens with zero attached hydrogens (tertiary/aromatic N) is 2. The number of benzene rings is 1. The molecular formula is C18H22N4O2S. The van der Waals surface area contributed by atoms with E-state index in [1.807, 2.05) is 51.1 Å². The van der Waals surface area contributed by atoms with Crippen molar-refractivity contribution in [1.82, 2.24) is 15.1 Å². The van der Waals surface area contributed by atoms with Gasteiger partial charge >= 0.3 is 11.8 Å². The first-order valence-corrected chi connectivity index (χ1v) is 9.34. The second-order valence-electron chi connectivity index (χ2n) is 6.97. The molecule has 0 bridgehead atoms. The van der Waals surface area contributed by atoms with E-state index < -0.39 is 11.8 Å². The molecule has 0 aliphatic carbocycles. The fourth-order valence-corrected chi connectivity index (χ4v) is 3.68. The lowest BCUT2D eigenvalue weighted by molar-refractivity contribution is -0.136. The number of anilines is 1. The Kier molecular flexibility index (Phi) is 4.85. The first kappa shape index (κ1) is 17.5. The lowest BCUT2D eigenvalue weighted by Gasteiger charge is -2.23. The highest BCUT2D eigenvalue weighted by molar-refractivity contribution is 7.98. The van der Waals surface area contributed by atoms with E-state index in [1.54, 1.807) is 16.4 Å². The van der Waals surface area contributed by atoms with Crippen molar-refractivity contribution in [2.75, 3.05) is 5.32 Å². The normalized spacial score (nSPS) is 13.4. The Hall–Kier alpha value is -2.28. The first-order valence-electron chi connectivity index (χ1n) is 8.18. The minimum Gasteiger partial charge on any atom is -0.344 e. The summed E-state index contributed by atoms with van der Waals surface area (Å²) in [5.74, 6) is 0.951. The predicted octanol–water partition coefficient (Wildman–Crippen LogP) is 2.64. The molecule has 0 saturated carbocycles. The van der Waals surface area contributed by atoms with Crippen LogP contribution >= 0.6 is 11.8 Å². The molecule has 7 heteroatoms. The number of aromatic nitrogens is 2. The summed E-state index contributed by atoms with van der Waals surface area (Å²) in [5.41, 5.74) is 2.67. The van der Waals surface area contributed by atoms with E-state index in [0.717, 1.165) is 28.3 Å². The molecule has 2 amide bonds. The van der Waals surface area contributed by atoms with Crippen molar-refractivity contribution >= 4 is 29.4 Å². The van der Waals surface area contributed by atoms with Gasteiger partial charge < -0.3 is 10.6 Å². The van der Waals surface area contributed by atoms with Gasteiger partial charge in [0.1, 0.15) is 5.82 Å². The van der Waals surface area contributed by atoms with Crippen LogP contribution in [0.2, 0.25) is 0 Å². The van der Waals surface area contributed by atoms with Crippen molar-refractivity contribution in [3.05, 3.63) is 47.2 Å². The third kappa shape index (κ3) is 3.87. The Labute approximate surface area is 151 Å². The molecule has 6 nitrogen and oxygen atoms in total. The van der Waals surface area contributed by atoms with Gasteiger partial charge in [-0.1, -0.05) is 30.3 Å². The Bertz CT molecular complexity index is 793. The minimum absolute atomic E-state index is 0.280. The molecule has 0 fully saturated rings. The molecule has 2 aromatic rings. The van der Waals surface area contributed by atoms with Crippen molar-refractivity contribution in [3.63, 3.8) is 0 Å². The van der Waals surface area contributed by atoms with Gasteiger partial charge in [-0.15, -0.1) is 0 Å². The van der Waals surface area contributed by atoms with Crippen molar-refractivity contribution < 1.29 is 9.59 Å². The van der Waals surface area contributed by atoms with Crippen LogP contribution in [-0.4, -0.2) is 21.6 Å². The molecule has 1 aromatic carbocycles. The van der Waals surface area contributed by atoms with Gasteiger partial charge in [-0.3, -0.25) is 9.59 Å². The maximum atomic E-state index is 12.3. The van der Waals surface area contributed by atoms with Gasteiger partial charge in [-0.05, 0) is 26.3 Å². The number of hydrogen-bond acceptors (Lipinski definition) is 4. The molecule has 0 spiro atoms. The third-order valence-corrected chi connectivity index (χ3v) is 4.89. The van der Waals surface area contributed by atoms with E-state index in [4.69, 9.17) is 0 Å². The van der Waals surface area contributed by atoms with Crippen molar-refractivity contribution in [3.8, 4) is 0 Å². The summed E-state index contributed by atoms with van der Waals surface area (Å²) in [5, 5.41) is 10.0. The topological polar surface area (TPSA) is 76.0 Å². The van der Waals surface area contributed by atoms with Gasteiger partial charge in [0.05, 0.1) is 11.2 Å². The summed E-state index contributed by atoms with van der Waals surface area (Å²) in [4.78, 5) is 24.5. The Morgan fingerprint density at radius 2 is 1.88 bits per heavy atom. The summed E-state index contributed by atoms with van der Waals surface area (Å²) in [6.45, 7) is 6.38. The Morgan fingerprint density at radius 3 is 2.56 bits per heavy atom. The number of carbonyl (C=O) groups excluding carboxylic acids is 2. The molecule has 132 valence electrons. The second-order valence-corrected chi connectivity index (χ2v) is 7.96. The molecular weight excluding hydrogens is 336 g/mol. The molecule has 1 aliphatic heterocycles. The maximum Gasteiger partial charge on any atom is 0.314 e. The number of carbonyl (C=O) groups is 2. The molecule has 0 radical (unpaired) electrons. The summed E-state index contributed by atoms with van der Waals surface area (Å²) in [6.07, 6.45) is 0. The van der Waals surface area contributed by atoms with Gasteiger partial charge in [0.2, 0.25) is 0 Å². The molecule has 1 aromatic heterocycles. The monoisotopic (exact) mass is 358 g/mol. The number of hydrogen-bond donors (Lipinski definition) is 2. The molecule has 0 atom stereocenters. The van der Waals surface area contributed by atoms with Gasteiger partial charge in [0.15, 0.2) is 0 Å². The Balaban J connectivity index is 1.71. The number of fused-ring (bicyclic) bond motifs is 1. The van der Waals surface area contributed by atoms with Crippen molar-refractivity contribution in [2.24, 2.45) is 0 Å². The van der Waals surface area contributed by atoms with Crippen molar-refractivity contribution in [2.45, 2.75) is 44.4 Å². The molecule has 1 aliphatic rings. The van der Waals surface area contributed by atoms with Gasteiger partial charge in [-0.25, -0.2) is 4.68 Å². The summed E-state index contributed by atoms with van der Waals surface area (Å²) < 4.78 is 1.81. The van der Waals surface area contributed by atoms with E-state index in [2.05, 4.69) is 15.7 Å². The SMILES string of the molecule is CC(C)(C)n1nc2c(c1NC(=O)C(=O)NCc1ccccc1)CSC2. The number of rotatable bonds is 3. The highest BCUT2D eigenvalue weighted by Crippen LogP contribution is 2.37. The molecule has 0 unspecified atom stereocenters. The van der Waals surface area contributed by atoms with Gasteiger partial charge in [0, 0.05) is 23.6 Å². The number of nitrogens with one attached hydrogen (secondary N) is 2. The van der Waals surface area contributed by atoms with E-state index in [9.17, 15) is 9.59 Å².